The number of nitrogens with one attached hydrogen (secondary N) is 2. The minimum atomic E-state index is -0.317. The average molecular weight is 381 g/mol. The molecule has 2 rings (SSSR count). The minimum Gasteiger partial charge on any atom is -0.356 e. The molecule has 26 heavy (non-hydrogen) atoms. The third-order valence-corrected chi connectivity index (χ3v) is 5.21. The van der Waals surface area contributed by atoms with E-state index in [1.54, 1.807) is 13.1 Å². The fraction of sp³-hybridized carbons (Fsp3) is 0.550. The van der Waals surface area contributed by atoms with Crippen LogP contribution in [0, 0.1) is 5.82 Å². The standard InChI is InChI=1S/C20H30ClFN4/c1-5-10-26-11-8-16(9-12-26)25-19(23-4)24-14-20(2,3)17-7-6-15(22)13-18(17)21/h5-7,13,16H,1,8-12,14H2,2-4H3,(H2,23,24,25). The van der Waals surface area contributed by atoms with Gasteiger partial charge in [-0.1, -0.05) is 37.6 Å². The summed E-state index contributed by atoms with van der Waals surface area (Å²) in [5.41, 5.74) is 0.664. The van der Waals surface area contributed by atoms with Gasteiger partial charge in [0.05, 0.1) is 0 Å². The molecule has 1 heterocycles. The second-order valence-electron chi connectivity index (χ2n) is 7.44. The van der Waals surface area contributed by atoms with Crippen LogP contribution in [0.5, 0.6) is 0 Å². The van der Waals surface area contributed by atoms with E-state index < -0.39 is 0 Å². The molecule has 0 aromatic heterocycles. The van der Waals surface area contributed by atoms with Crippen LogP contribution in [0.15, 0.2) is 35.8 Å². The number of guanidine groups is 1. The maximum absolute atomic E-state index is 13.3. The number of aliphatic imine (C=N–C) groups is 1. The Morgan fingerprint density at radius 3 is 2.69 bits per heavy atom. The molecule has 0 amide bonds. The van der Waals surface area contributed by atoms with E-state index in [1.807, 2.05) is 6.08 Å². The van der Waals surface area contributed by atoms with Crippen LogP contribution in [0.25, 0.3) is 0 Å². The molecule has 1 aromatic rings. The first-order valence-electron chi connectivity index (χ1n) is 9.11. The molecule has 144 valence electrons. The van der Waals surface area contributed by atoms with Crippen LogP contribution in [-0.4, -0.2) is 50.1 Å². The van der Waals surface area contributed by atoms with Gasteiger partial charge in [0, 0.05) is 49.7 Å². The predicted octanol–water partition coefficient (Wildman–Crippen LogP) is 3.57. The zero-order valence-electron chi connectivity index (χ0n) is 16.0. The molecule has 1 fully saturated rings. The fourth-order valence-electron chi connectivity index (χ4n) is 3.27. The van der Waals surface area contributed by atoms with Crippen molar-refractivity contribution in [2.24, 2.45) is 4.99 Å². The molecule has 0 aliphatic carbocycles. The van der Waals surface area contributed by atoms with Gasteiger partial charge in [-0.3, -0.25) is 9.89 Å². The highest BCUT2D eigenvalue weighted by atomic mass is 35.5. The molecule has 2 N–H and O–H groups in total. The van der Waals surface area contributed by atoms with Crippen molar-refractivity contribution in [3.63, 3.8) is 0 Å². The largest absolute Gasteiger partial charge is 0.356 e. The molecule has 4 nitrogen and oxygen atoms in total. The van der Waals surface area contributed by atoms with Crippen molar-refractivity contribution in [3.8, 4) is 0 Å². The summed E-state index contributed by atoms with van der Waals surface area (Å²) in [5.74, 6) is 0.473. The third kappa shape index (κ3) is 5.71. The molecule has 1 saturated heterocycles. The van der Waals surface area contributed by atoms with Gasteiger partial charge in [0.2, 0.25) is 0 Å². The fourth-order valence-corrected chi connectivity index (χ4v) is 3.69. The number of hydrogen-bond acceptors (Lipinski definition) is 2. The molecule has 0 bridgehead atoms. The first-order chi connectivity index (χ1) is 12.4. The van der Waals surface area contributed by atoms with E-state index in [9.17, 15) is 4.39 Å². The summed E-state index contributed by atoms with van der Waals surface area (Å²) in [4.78, 5) is 6.75. The minimum absolute atomic E-state index is 0.254. The van der Waals surface area contributed by atoms with Gasteiger partial charge in [-0.15, -0.1) is 6.58 Å². The molecule has 0 atom stereocenters. The predicted molar refractivity (Wildman–Crippen MR) is 109 cm³/mol. The van der Waals surface area contributed by atoms with Crippen LogP contribution in [0.2, 0.25) is 5.02 Å². The van der Waals surface area contributed by atoms with Crippen LogP contribution < -0.4 is 10.6 Å². The van der Waals surface area contributed by atoms with Crippen molar-refractivity contribution < 1.29 is 4.39 Å². The van der Waals surface area contributed by atoms with Gasteiger partial charge >= 0.3 is 0 Å². The molecule has 1 aliphatic rings. The topological polar surface area (TPSA) is 39.7 Å². The highest BCUT2D eigenvalue weighted by molar-refractivity contribution is 6.31. The number of hydrogen-bond donors (Lipinski definition) is 2. The zero-order valence-corrected chi connectivity index (χ0v) is 16.7. The summed E-state index contributed by atoms with van der Waals surface area (Å²) in [6.07, 6.45) is 4.13. The zero-order chi connectivity index (χ0) is 19.2. The van der Waals surface area contributed by atoms with E-state index in [1.165, 1.54) is 12.1 Å². The average Bonchev–Trinajstić information content (AvgIpc) is 2.60. The van der Waals surface area contributed by atoms with Gasteiger partial charge in [-0.05, 0) is 30.5 Å². The van der Waals surface area contributed by atoms with E-state index in [0.29, 0.717) is 17.6 Å². The Bertz CT molecular complexity index is 637. The summed E-state index contributed by atoms with van der Waals surface area (Å²) in [6.45, 7) is 11.7. The summed E-state index contributed by atoms with van der Waals surface area (Å²) < 4.78 is 13.3. The first-order valence-corrected chi connectivity index (χ1v) is 9.49. The van der Waals surface area contributed by atoms with Crippen LogP contribution in [0.1, 0.15) is 32.3 Å². The quantitative estimate of drug-likeness (QED) is 0.450. The van der Waals surface area contributed by atoms with Crippen LogP contribution in [0.3, 0.4) is 0 Å². The number of rotatable bonds is 6. The molecular weight excluding hydrogens is 351 g/mol. The van der Waals surface area contributed by atoms with Crippen LogP contribution in [0.4, 0.5) is 4.39 Å². The van der Waals surface area contributed by atoms with Crippen molar-refractivity contribution in [1.82, 2.24) is 15.5 Å². The van der Waals surface area contributed by atoms with Crippen LogP contribution in [-0.2, 0) is 5.41 Å². The molecule has 6 heteroatoms. The lowest BCUT2D eigenvalue weighted by Crippen LogP contribution is -2.50. The van der Waals surface area contributed by atoms with Gasteiger partial charge in [0.25, 0.3) is 0 Å². The Labute approximate surface area is 161 Å². The third-order valence-electron chi connectivity index (χ3n) is 4.90. The van der Waals surface area contributed by atoms with Crippen LogP contribution >= 0.6 is 11.6 Å². The molecule has 1 aliphatic heterocycles. The molecule has 0 saturated carbocycles. The van der Waals surface area contributed by atoms with Gasteiger partial charge in [-0.2, -0.15) is 0 Å². The molecule has 0 unspecified atom stereocenters. The number of likely N-dealkylation sites (tertiary alicyclic amines) is 1. The van der Waals surface area contributed by atoms with Gasteiger partial charge in [0.15, 0.2) is 5.96 Å². The Morgan fingerprint density at radius 1 is 1.42 bits per heavy atom. The first kappa shape index (κ1) is 20.7. The SMILES string of the molecule is C=CCN1CCC(NC(=NC)NCC(C)(C)c2ccc(F)cc2Cl)CC1. The molecule has 0 spiro atoms. The Morgan fingerprint density at radius 2 is 2.12 bits per heavy atom. The lowest BCUT2D eigenvalue weighted by atomic mass is 9.84. The maximum atomic E-state index is 13.3. The van der Waals surface area contributed by atoms with Crippen molar-refractivity contribution in [3.05, 3.63) is 47.3 Å². The van der Waals surface area contributed by atoms with Gasteiger partial charge in [-0.25, -0.2) is 4.39 Å². The number of halogens is 2. The molecule has 1 aromatic carbocycles. The number of benzene rings is 1. The summed E-state index contributed by atoms with van der Waals surface area (Å²) >= 11 is 6.23. The van der Waals surface area contributed by atoms with Gasteiger partial charge in [0.1, 0.15) is 5.82 Å². The second kappa shape index (κ2) is 9.38. The summed E-state index contributed by atoms with van der Waals surface area (Å²) in [7, 11) is 1.78. The smallest absolute Gasteiger partial charge is 0.191 e. The Kier molecular flexibility index (Phi) is 7.47. The van der Waals surface area contributed by atoms with E-state index in [2.05, 4.69) is 41.0 Å². The van der Waals surface area contributed by atoms with Crippen molar-refractivity contribution in [2.75, 3.05) is 33.2 Å². The highest BCUT2D eigenvalue weighted by Crippen LogP contribution is 2.29. The van der Waals surface area contributed by atoms with Crippen molar-refractivity contribution in [2.45, 2.75) is 38.1 Å². The number of piperidine rings is 1. The van der Waals surface area contributed by atoms with E-state index >= 15 is 0 Å². The highest BCUT2D eigenvalue weighted by Gasteiger charge is 2.25. The van der Waals surface area contributed by atoms with E-state index in [-0.39, 0.29) is 11.2 Å². The van der Waals surface area contributed by atoms with E-state index in [4.69, 9.17) is 11.6 Å². The Hall–Kier alpha value is -1.59. The molecular formula is C20H30ClFN4. The van der Waals surface area contributed by atoms with Crippen molar-refractivity contribution in [1.29, 1.82) is 0 Å². The van der Waals surface area contributed by atoms with Gasteiger partial charge < -0.3 is 10.6 Å². The van der Waals surface area contributed by atoms with Crippen molar-refractivity contribution >= 4 is 17.6 Å². The molecule has 0 radical (unpaired) electrons. The maximum Gasteiger partial charge on any atom is 0.191 e. The summed E-state index contributed by atoms with van der Waals surface area (Å²) in [6, 6.07) is 4.99. The lowest BCUT2D eigenvalue weighted by molar-refractivity contribution is 0.225. The van der Waals surface area contributed by atoms with E-state index in [0.717, 1.165) is 44.0 Å². The Balaban J connectivity index is 1.89. The lowest BCUT2D eigenvalue weighted by Gasteiger charge is -2.33. The normalized spacial score (nSPS) is 17.2. The second-order valence-corrected chi connectivity index (χ2v) is 7.85. The monoisotopic (exact) mass is 380 g/mol. The number of nitrogens with zero attached hydrogens (tertiary/aromatic N) is 2. The summed E-state index contributed by atoms with van der Waals surface area (Å²) in [5, 5.41) is 7.35.